The summed E-state index contributed by atoms with van der Waals surface area (Å²) in [4.78, 5) is 0.0491. The third-order valence-electron chi connectivity index (χ3n) is 3.77. The van der Waals surface area contributed by atoms with E-state index in [1.165, 1.54) is 30.3 Å². The van der Waals surface area contributed by atoms with Gasteiger partial charge in [0.25, 0.3) is 10.0 Å². The standard InChI is InChI=1S/C19H17ClN2O4S2/c20-17-12-7-13-18(21-28(25,26)16-10-5-2-6-11-16)19(17)22-27(23,24)14-15-8-3-1-4-9-15/h1-13,21-22H,14H2. The van der Waals surface area contributed by atoms with E-state index in [0.29, 0.717) is 5.56 Å². The topological polar surface area (TPSA) is 92.3 Å². The summed E-state index contributed by atoms with van der Waals surface area (Å²) in [5, 5.41) is 0.0740. The molecule has 0 aliphatic heterocycles. The molecule has 28 heavy (non-hydrogen) atoms. The fraction of sp³-hybridized carbons (Fsp3) is 0.0526. The Balaban J connectivity index is 1.90. The van der Waals surface area contributed by atoms with E-state index < -0.39 is 20.0 Å². The predicted molar refractivity (Wildman–Crippen MR) is 111 cm³/mol. The van der Waals surface area contributed by atoms with E-state index in [-0.39, 0.29) is 27.0 Å². The largest absolute Gasteiger partial charge is 0.280 e. The highest BCUT2D eigenvalue weighted by Crippen LogP contribution is 2.33. The maximum atomic E-state index is 12.6. The maximum absolute atomic E-state index is 12.6. The fourth-order valence-corrected chi connectivity index (χ4v) is 5.11. The molecule has 0 unspecified atom stereocenters. The number of para-hydroxylation sites is 1. The highest BCUT2D eigenvalue weighted by molar-refractivity contribution is 7.93. The first-order valence-electron chi connectivity index (χ1n) is 8.18. The van der Waals surface area contributed by atoms with Crippen LogP contribution >= 0.6 is 11.6 Å². The number of nitrogens with one attached hydrogen (secondary N) is 2. The van der Waals surface area contributed by atoms with Gasteiger partial charge in [0, 0.05) is 0 Å². The molecule has 0 atom stereocenters. The minimum atomic E-state index is -3.91. The quantitative estimate of drug-likeness (QED) is 0.583. The number of halogens is 1. The normalized spacial score (nSPS) is 11.8. The van der Waals surface area contributed by atoms with Crippen LogP contribution in [0.1, 0.15) is 5.56 Å². The second-order valence-corrected chi connectivity index (χ2v) is 9.74. The van der Waals surface area contributed by atoms with Gasteiger partial charge in [0.2, 0.25) is 10.0 Å². The lowest BCUT2D eigenvalue weighted by molar-refractivity contribution is 0.598. The van der Waals surface area contributed by atoms with Crippen LogP contribution in [0.5, 0.6) is 0 Å². The minimum absolute atomic E-state index is 0.0281. The zero-order valence-electron chi connectivity index (χ0n) is 14.5. The molecule has 0 aliphatic rings. The Morgan fingerprint density at radius 1 is 0.714 bits per heavy atom. The Kier molecular flexibility index (Phi) is 5.93. The van der Waals surface area contributed by atoms with Crippen molar-refractivity contribution in [3.05, 3.63) is 89.4 Å². The maximum Gasteiger partial charge on any atom is 0.261 e. The third kappa shape index (κ3) is 5.03. The van der Waals surface area contributed by atoms with Crippen molar-refractivity contribution < 1.29 is 16.8 Å². The van der Waals surface area contributed by atoms with Crippen LogP contribution in [-0.2, 0) is 25.8 Å². The molecule has 0 amide bonds. The van der Waals surface area contributed by atoms with Crippen LogP contribution in [0.25, 0.3) is 0 Å². The van der Waals surface area contributed by atoms with Crippen LogP contribution < -0.4 is 9.44 Å². The van der Waals surface area contributed by atoms with Gasteiger partial charge in [-0.3, -0.25) is 9.44 Å². The highest BCUT2D eigenvalue weighted by atomic mass is 35.5. The summed E-state index contributed by atoms with van der Waals surface area (Å²) in [6.45, 7) is 0. The second-order valence-electron chi connectivity index (χ2n) is 5.93. The van der Waals surface area contributed by atoms with Crippen molar-refractivity contribution in [1.29, 1.82) is 0 Å². The summed E-state index contributed by atoms with van der Waals surface area (Å²) < 4.78 is 55.1. The number of hydrogen-bond donors (Lipinski definition) is 2. The van der Waals surface area contributed by atoms with Crippen LogP contribution in [0.4, 0.5) is 11.4 Å². The van der Waals surface area contributed by atoms with Gasteiger partial charge in [-0.15, -0.1) is 0 Å². The van der Waals surface area contributed by atoms with E-state index in [0.717, 1.165) is 0 Å². The lowest BCUT2D eigenvalue weighted by atomic mass is 10.2. The molecule has 146 valence electrons. The Labute approximate surface area is 169 Å². The Bertz CT molecular complexity index is 1170. The summed E-state index contributed by atoms with van der Waals surface area (Å²) in [5.41, 5.74) is 0.598. The first kappa shape index (κ1) is 20.2. The SMILES string of the molecule is O=S(=O)(Cc1ccccc1)Nc1c(Cl)cccc1NS(=O)(=O)c1ccccc1. The van der Waals surface area contributed by atoms with E-state index in [1.807, 2.05) is 0 Å². The summed E-state index contributed by atoms with van der Waals surface area (Å²) in [7, 11) is -7.73. The van der Waals surface area contributed by atoms with Crippen LogP contribution in [0.2, 0.25) is 5.02 Å². The molecule has 3 rings (SSSR count). The number of hydrogen-bond acceptors (Lipinski definition) is 4. The van der Waals surface area contributed by atoms with E-state index >= 15 is 0 Å². The summed E-state index contributed by atoms with van der Waals surface area (Å²) >= 11 is 6.15. The van der Waals surface area contributed by atoms with Gasteiger partial charge >= 0.3 is 0 Å². The van der Waals surface area contributed by atoms with Crippen molar-refractivity contribution in [2.75, 3.05) is 9.44 Å². The van der Waals surface area contributed by atoms with Crippen molar-refractivity contribution in [2.24, 2.45) is 0 Å². The highest BCUT2D eigenvalue weighted by Gasteiger charge is 2.20. The summed E-state index contributed by atoms with van der Waals surface area (Å²) in [5.74, 6) is -0.274. The number of benzene rings is 3. The third-order valence-corrected chi connectivity index (χ3v) is 6.69. The van der Waals surface area contributed by atoms with Gasteiger partial charge < -0.3 is 0 Å². The number of sulfonamides is 2. The van der Waals surface area contributed by atoms with Crippen molar-refractivity contribution in [1.82, 2.24) is 0 Å². The van der Waals surface area contributed by atoms with Crippen molar-refractivity contribution in [3.63, 3.8) is 0 Å². The molecule has 0 spiro atoms. The Morgan fingerprint density at radius 2 is 1.32 bits per heavy atom. The zero-order chi connectivity index (χ0) is 20.2. The second kappa shape index (κ2) is 8.22. The van der Waals surface area contributed by atoms with Crippen molar-refractivity contribution >= 4 is 43.0 Å². The molecule has 2 N–H and O–H groups in total. The average Bonchev–Trinajstić information content (AvgIpc) is 2.65. The van der Waals surface area contributed by atoms with Gasteiger partial charge in [-0.25, -0.2) is 16.8 Å². The van der Waals surface area contributed by atoms with Crippen molar-refractivity contribution in [2.45, 2.75) is 10.6 Å². The molecule has 0 radical (unpaired) electrons. The summed E-state index contributed by atoms with van der Waals surface area (Å²) in [6.07, 6.45) is 0. The predicted octanol–water partition coefficient (Wildman–Crippen LogP) is 4.08. The lowest BCUT2D eigenvalue weighted by Crippen LogP contribution is -2.19. The van der Waals surface area contributed by atoms with Gasteiger partial charge in [0.15, 0.2) is 0 Å². The first-order chi connectivity index (χ1) is 13.3. The molecule has 0 saturated heterocycles. The van der Waals surface area contributed by atoms with Gasteiger partial charge in [0.1, 0.15) is 0 Å². The van der Waals surface area contributed by atoms with Gasteiger partial charge in [-0.1, -0.05) is 66.2 Å². The summed E-state index contributed by atoms with van der Waals surface area (Å²) in [6, 6.07) is 20.8. The molecule has 9 heteroatoms. The molecule has 0 heterocycles. The van der Waals surface area contributed by atoms with E-state index in [9.17, 15) is 16.8 Å². The van der Waals surface area contributed by atoms with Crippen LogP contribution in [-0.4, -0.2) is 16.8 Å². The lowest BCUT2D eigenvalue weighted by Gasteiger charge is -2.16. The minimum Gasteiger partial charge on any atom is -0.280 e. The van der Waals surface area contributed by atoms with E-state index in [4.69, 9.17) is 11.6 Å². The molecule has 0 aromatic heterocycles. The number of anilines is 2. The Hall–Kier alpha value is -2.55. The monoisotopic (exact) mass is 436 g/mol. The molecule has 0 fully saturated rings. The van der Waals surface area contributed by atoms with Crippen LogP contribution in [0, 0.1) is 0 Å². The smallest absolute Gasteiger partial charge is 0.261 e. The molecule has 0 saturated carbocycles. The molecular formula is C19H17ClN2O4S2. The van der Waals surface area contributed by atoms with Gasteiger partial charge in [-0.05, 0) is 29.8 Å². The zero-order valence-corrected chi connectivity index (χ0v) is 16.9. The molecule has 0 bridgehead atoms. The van der Waals surface area contributed by atoms with Gasteiger partial charge in [-0.2, -0.15) is 0 Å². The fourth-order valence-electron chi connectivity index (χ4n) is 2.50. The van der Waals surface area contributed by atoms with Gasteiger partial charge in [0.05, 0.1) is 27.0 Å². The molecular weight excluding hydrogens is 420 g/mol. The average molecular weight is 437 g/mol. The molecule has 0 aliphatic carbocycles. The molecule has 6 nitrogen and oxygen atoms in total. The van der Waals surface area contributed by atoms with E-state index in [1.54, 1.807) is 48.5 Å². The Morgan fingerprint density at radius 3 is 1.96 bits per heavy atom. The van der Waals surface area contributed by atoms with Crippen LogP contribution in [0.3, 0.4) is 0 Å². The number of rotatable bonds is 7. The molecule has 3 aromatic rings. The van der Waals surface area contributed by atoms with Crippen molar-refractivity contribution in [3.8, 4) is 0 Å². The first-order valence-corrected chi connectivity index (χ1v) is 11.7. The van der Waals surface area contributed by atoms with E-state index in [2.05, 4.69) is 9.44 Å². The van der Waals surface area contributed by atoms with Crippen LogP contribution in [0.15, 0.2) is 83.8 Å². The molecule has 3 aromatic carbocycles.